The van der Waals surface area contributed by atoms with Crippen LogP contribution in [-0.4, -0.2) is 107 Å². The number of fused-ring (bicyclic) bond motifs is 1. The lowest BCUT2D eigenvalue weighted by atomic mass is 9.86. The predicted octanol–water partition coefficient (Wildman–Crippen LogP) is 3.36. The number of nitrogens with zero attached hydrogens (tertiary/aromatic N) is 5. The maximum Gasteiger partial charge on any atom is 0.272 e. The van der Waals surface area contributed by atoms with Gasteiger partial charge < -0.3 is 14.7 Å². The van der Waals surface area contributed by atoms with E-state index in [4.69, 9.17) is 0 Å². The van der Waals surface area contributed by atoms with Gasteiger partial charge >= 0.3 is 0 Å². The highest BCUT2D eigenvalue weighted by Crippen LogP contribution is 2.27. The van der Waals surface area contributed by atoms with Gasteiger partial charge in [0, 0.05) is 70.6 Å². The number of aromatic nitrogens is 2. The lowest BCUT2D eigenvalue weighted by Crippen LogP contribution is -2.54. The Kier molecular flexibility index (Phi) is 11.5. The highest BCUT2D eigenvalue weighted by Gasteiger charge is 2.27. The van der Waals surface area contributed by atoms with Gasteiger partial charge in [-0.15, -0.1) is 0 Å². The van der Waals surface area contributed by atoms with E-state index >= 15 is 0 Å². The Labute approximate surface area is 269 Å². The van der Waals surface area contributed by atoms with Gasteiger partial charge in [0.25, 0.3) is 5.56 Å². The van der Waals surface area contributed by atoms with Gasteiger partial charge in [0.05, 0.1) is 17.6 Å². The van der Waals surface area contributed by atoms with Crippen LogP contribution in [0.25, 0.3) is 10.8 Å². The van der Waals surface area contributed by atoms with Crippen molar-refractivity contribution in [1.29, 1.82) is 0 Å². The molecule has 1 N–H and O–H groups in total. The van der Waals surface area contributed by atoms with E-state index in [0.29, 0.717) is 68.3 Å². The molecule has 0 atom stereocenters. The number of H-pyrrole nitrogens is 1. The number of carbonyl (C=O) groups excluding carboxylic acids is 3. The van der Waals surface area contributed by atoms with E-state index in [9.17, 15) is 23.6 Å². The molecule has 10 nitrogen and oxygen atoms in total. The normalized spacial score (nSPS) is 17.8. The van der Waals surface area contributed by atoms with Crippen LogP contribution in [-0.2, 0) is 20.8 Å². The van der Waals surface area contributed by atoms with Gasteiger partial charge in [-0.2, -0.15) is 5.10 Å². The Hall–Kier alpha value is -4.12. The summed E-state index contributed by atoms with van der Waals surface area (Å²) in [4.78, 5) is 55.1. The molecule has 3 aromatic rings. The molecule has 0 bridgehead atoms. The van der Waals surface area contributed by atoms with Crippen LogP contribution in [0.3, 0.4) is 0 Å². The van der Waals surface area contributed by atoms with E-state index in [1.165, 1.54) is 38.2 Å². The number of aromatic amines is 1. The molecule has 1 aliphatic carbocycles. The van der Waals surface area contributed by atoms with E-state index in [2.05, 4.69) is 15.1 Å². The van der Waals surface area contributed by atoms with Gasteiger partial charge in [-0.25, -0.2) is 9.49 Å². The molecule has 2 aliphatic heterocycles. The first-order chi connectivity index (χ1) is 22.3. The Morgan fingerprint density at radius 1 is 0.891 bits per heavy atom. The van der Waals surface area contributed by atoms with Crippen molar-refractivity contribution in [3.05, 3.63) is 75.5 Å². The summed E-state index contributed by atoms with van der Waals surface area (Å²) < 4.78 is 13.3. The van der Waals surface area contributed by atoms with Crippen LogP contribution >= 0.6 is 0 Å². The number of amides is 3. The minimum absolute atomic E-state index is 0.137. The lowest BCUT2D eigenvalue weighted by molar-refractivity contribution is -0.138. The minimum atomic E-state index is -0.215. The van der Waals surface area contributed by atoms with Gasteiger partial charge in [0.15, 0.2) is 0 Å². The summed E-state index contributed by atoms with van der Waals surface area (Å²) in [5, 5.41) is 8.09. The van der Waals surface area contributed by atoms with Crippen LogP contribution in [0.5, 0.6) is 0 Å². The second-order valence-electron chi connectivity index (χ2n) is 12.7. The first kappa shape index (κ1) is 33.2. The molecule has 3 amide bonds. The molecule has 0 spiro atoms. The summed E-state index contributed by atoms with van der Waals surface area (Å²) in [5.41, 5.74) is 2.16. The van der Waals surface area contributed by atoms with Gasteiger partial charge in [0.2, 0.25) is 18.2 Å². The predicted molar refractivity (Wildman–Crippen MR) is 175 cm³/mol. The molecule has 0 radical (unpaired) electrons. The zero-order valence-electron chi connectivity index (χ0n) is 26.8. The minimum Gasteiger partial charge on any atom is -0.342 e. The number of hydrogen-bond donors (Lipinski definition) is 1. The third-order valence-electron chi connectivity index (χ3n) is 9.46. The van der Waals surface area contributed by atoms with Crippen molar-refractivity contribution in [2.24, 2.45) is 5.92 Å². The summed E-state index contributed by atoms with van der Waals surface area (Å²) in [7, 11) is 0. The number of benzene rings is 2. The Morgan fingerprint density at radius 3 is 2.22 bits per heavy atom. The topological polar surface area (TPSA) is 110 Å². The van der Waals surface area contributed by atoms with Crippen molar-refractivity contribution >= 4 is 29.0 Å². The van der Waals surface area contributed by atoms with Crippen LogP contribution < -0.4 is 5.56 Å². The van der Waals surface area contributed by atoms with Crippen LogP contribution in [0.15, 0.2) is 47.3 Å². The van der Waals surface area contributed by atoms with Crippen molar-refractivity contribution < 1.29 is 18.8 Å². The van der Waals surface area contributed by atoms with Crippen LogP contribution in [0.1, 0.15) is 55.3 Å². The van der Waals surface area contributed by atoms with E-state index < -0.39 is 0 Å². The molecule has 0 unspecified atom stereocenters. The molecular formula is C35H45FN6O4. The number of piperazine rings is 2. The first-order valence-electron chi connectivity index (χ1n) is 16.5. The zero-order valence-corrected chi connectivity index (χ0v) is 26.8. The maximum absolute atomic E-state index is 13.3. The molecule has 11 heteroatoms. The van der Waals surface area contributed by atoms with Crippen molar-refractivity contribution in [3.63, 3.8) is 0 Å². The van der Waals surface area contributed by atoms with E-state index in [1.54, 1.807) is 30.0 Å². The third-order valence-corrected chi connectivity index (χ3v) is 9.46. The molecule has 2 saturated heterocycles. The lowest BCUT2D eigenvalue weighted by Gasteiger charge is -2.37. The third kappa shape index (κ3) is 8.78. The van der Waals surface area contributed by atoms with E-state index in [1.807, 2.05) is 28.0 Å². The van der Waals surface area contributed by atoms with Gasteiger partial charge in [-0.3, -0.25) is 24.1 Å². The molecule has 3 fully saturated rings. The van der Waals surface area contributed by atoms with Crippen molar-refractivity contribution in [3.8, 4) is 0 Å². The Morgan fingerprint density at radius 2 is 1.54 bits per heavy atom. The number of aryl methyl sites for hydroxylation is 1. The van der Waals surface area contributed by atoms with E-state index in [0.717, 1.165) is 49.2 Å². The van der Waals surface area contributed by atoms with Crippen molar-refractivity contribution in [2.75, 3.05) is 58.9 Å². The molecular weight excluding hydrogens is 587 g/mol. The standard InChI is InChI=1S/C19H32N4O3.C16H13FN2O/c24-16-21-8-12-23(13-9-21)19(26)15-20-6-10-22(11-7-20)18(25)14-17-4-2-1-3-5-17;1-10-8-11(6-7-14(10)17)9-15-12-4-2-3-5-13(12)16(20)19-18-15/h16-17H,1-15H2;2-8H,9H2,1H3,(H,19,20). The molecule has 3 aliphatic rings. The van der Waals surface area contributed by atoms with E-state index in [-0.39, 0.29) is 17.3 Å². The summed E-state index contributed by atoms with van der Waals surface area (Å²) in [6.45, 7) is 7.66. The Bertz CT molecular complexity index is 1560. The molecule has 46 heavy (non-hydrogen) atoms. The van der Waals surface area contributed by atoms with Crippen molar-refractivity contribution in [2.45, 2.75) is 51.9 Å². The summed E-state index contributed by atoms with van der Waals surface area (Å²) in [6, 6.07) is 12.4. The zero-order chi connectivity index (χ0) is 32.5. The highest BCUT2D eigenvalue weighted by molar-refractivity contribution is 5.83. The first-order valence-corrected chi connectivity index (χ1v) is 16.5. The van der Waals surface area contributed by atoms with Crippen LogP contribution in [0.2, 0.25) is 0 Å². The quantitative estimate of drug-likeness (QED) is 0.400. The smallest absolute Gasteiger partial charge is 0.272 e. The second-order valence-corrected chi connectivity index (χ2v) is 12.7. The fourth-order valence-corrected chi connectivity index (χ4v) is 6.61. The molecule has 2 aromatic carbocycles. The number of nitrogens with one attached hydrogen (secondary N) is 1. The average molecular weight is 633 g/mol. The molecule has 1 aromatic heterocycles. The highest BCUT2D eigenvalue weighted by atomic mass is 19.1. The molecule has 3 heterocycles. The summed E-state index contributed by atoms with van der Waals surface area (Å²) in [5.74, 6) is 0.805. The number of halogens is 1. The SMILES string of the molecule is Cc1cc(Cc2n[nH]c(=O)c3ccccc23)ccc1F.O=CN1CCN(C(=O)CN2CCN(C(=O)CC3CCCCC3)CC2)CC1. The number of rotatable bonds is 7. The average Bonchev–Trinajstić information content (AvgIpc) is 3.09. The fourth-order valence-electron chi connectivity index (χ4n) is 6.61. The second kappa shape index (κ2) is 15.9. The van der Waals surface area contributed by atoms with Gasteiger partial charge in [-0.05, 0) is 48.9 Å². The molecule has 6 rings (SSSR count). The number of carbonyl (C=O) groups is 3. The van der Waals surface area contributed by atoms with Crippen LogP contribution in [0.4, 0.5) is 4.39 Å². The Balaban J connectivity index is 0.000000187. The van der Waals surface area contributed by atoms with Crippen molar-refractivity contribution in [1.82, 2.24) is 29.8 Å². The molecule has 246 valence electrons. The number of hydrogen-bond acceptors (Lipinski definition) is 6. The molecule has 1 saturated carbocycles. The largest absolute Gasteiger partial charge is 0.342 e. The van der Waals surface area contributed by atoms with Crippen LogP contribution in [0, 0.1) is 18.7 Å². The fraction of sp³-hybridized carbons (Fsp3) is 0.514. The maximum atomic E-state index is 13.3. The van der Waals surface area contributed by atoms with Gasteiger partial charge in [-0.1, -0.05) is 49.6 Å². The summed E-state index contributed by atoms with van der Waals surface area (Å²) in [6.07, 6.45) is 8.39. The summed E-state index contributed by atoms with van der Waals surface area (Å²) >= 11 is 0. The monoisotopic (exact) mass is 632 g/mol. The van der Waals surface area contributed by atoms with Gasteiger partial charge in [0.1, 0.15) is 5.82 Å².